The number of likely N-dealkylation sites (tertiary alicyclic amines) is 1. The molecule has 0 radical (unpaired) electrons. The van der Waals surface area contributed by atoms with Gasteiger partial charge in [0.05, 0.1) is 17.8 Å². The third kappa shape index (κ3) is 3.66. The molecule has 0 saturated carbocycles. The van der Waals surface area contributed by atoms with Crippen molar-refractivity contribution in [3.8, 4) is 0 Å². The molecule has 0 aliphatic carbocycles. The Kier molecular flexibility index (Phi) is 5.26. The van der Waals surface area contributed by atoms with Crippen molar-refractivity contribution in [3.63, 3.8) is 0 Å². The highest BCUT2D eigenvalue weighted by Crippen LogP contribution is 2.34. The molecular weight excluding hydrogens is 442 g/mol. The van der Waals surface area contributed by atoms with Crippen LogP contribution in [0, 0.1) is 6.92 Å². The predicted molar refractivity (Wildman–Crippen MR) is 134 cm³/mol. The number of nitrogens with two attached hydrogens (primary N) is 1. The summed E-state index contributed by atoms with van der Waals surface area (Å²) in [4.78, 5) is 22.7. The van der Waals surface area contributed by atoms with Gasteiger partial charge in [0.15, 0.2) is 5.65 Å². The number of aliphatic hydroxyl groups is 1. The number of carbonyl (C=O) groups is 1. The molecule has 2 aliphatic heterocycles. The molecule has 6 rings (SSSR count). The van der Waals surface area contributed by atoms with Crippen LogP contribution >= 0.6 is 0 Å². The van der Waals surface area contributed by atoms with E-state index < -0.39 is 6.10 Å². The maximum atomic E-state index is 13.8. The highest BCUT2D eigenvalue weighted by atomic mass is 16.3. The van der Waals surface area contributed by atoms with Crippen molar-refractivity contribution in [2.75, 3.05) is 24.5 Å². The van der Waals surface area contributed by atoms with E-state index in [1.807, 2.05) is 71.1 Å². The summed E-state index contributed by atoms with van der Waals surface area (Å²) >= 11 is 0. The molecule has 0 spiro atoms. The molecule has 4 aromatic rings. The minimum Gasteiger partial charge on any atom is -0.390 e. The number of aliphatic hydroxyl groups excluding tert-OH is 1. The lowest BCUT2D eigenvalue weighted by atomic mass is 9.97. The van der Waals surface area contributed by atoms with Gasteiger partial charge >= 0.3 is 0 Å². The zero-order valence-corrected chi connectivity index (χ0v) is 20.1. The standard InChI is InChI=1S/C26H31N7O2/c1-16-13-33-24(28-25(16)31-14-19(27)23(34)15-31)12-20(29-33)22-7-3-4-10-32(22)26(35)18-6-5-8-21-17(18)9-11-30(21)2/h5-6,8-9,11-13,19,22-23,34H,3-4,7,10,14-15,27H2,1-2H3/t19-,22+,23+/m1/s1. The highest BCUT2D eigenvalue weighted by molar-refractivity contribution is 6.06. The molecule has 5 heterocycles. The maximum Gasteiger partial charge on any atom is 0.255 e. The van der Waals surface area contributed by atoms with Crippen molar-refractivity contribution < 1.29 is 9.90 Å². The normalized spacial score (nSPS) is 23.0. The number of anilines is 1. The number of aryl methyl sites for hydroxylation is 2. The van der Waals surface area contributed by atoms with E-state index in [0.29, 0.717) is 19.6 Å². The quantitative estimate of drug-likeness (QED) is 0.474. The Labute approximate surface area is 203 Å². The van der Waals surface area contributed by atoms with Gasteiger partial charge in [0.2, 0.25) is 0 Å². The molecule has 3 aromatic heterocycles. The molecule has 1 amide bonds. The molecule has 0 bridgehead atoms. The second-order valence-electron chi connectivity index (χ2n) is 9.93. The van der Waals surface area contributed by atoms with Crippen molar-refractivity contribution in [1.82, 2.24) is 24.1 Å². The van der Waals surface area contributed by atoms with Crippen LogP contribution in [0.4, 0.5) is 5.82 Å². The monoisotopic (exact) mass is 473 g/mol. The lowest BCUT2D eigenvalue weighted by molar-refractivity contribution is 0.0608. The zero-order chi connectivity index (χ0) is 24.3. The Morgan fingerprint density at radius 1 is 1.20 bits per heavy atom. The van der Waals surface area contributed by atoms with Crippen LogP contribution in [0.3, 0.4) is 0 Å². The summed E-state index contributed by atoms with van der Waals surface area (Å²) in [7, 11) is 2.00. The third-order valence-corrected chi connectivity index (χ3v) is 7.52. The summed E-state index contributed by atoms with van der Waals surface area (Å²) in [5.74, 6) is 0.872. The number of rotatable bonds is 3. The van der Waals surface area contributed by atoms with Crippen LogP contribution in [-0.2, 0) is 7.05 Å². The van der Waals surface area contributed by atoms with Gasteiger partial charge < -0.3 is 25.2 Å². The zero-order valence-electron chi connectivity index (χ0n) is 20.1. The number of benzene rings is 1. The number of hydrogen-bond donors (Lipinski definition) is 2. The van der Waals surface area contributed by atoms with Crippen LogP contribution in [0.1, 0.15) is 46.9 Å². The number of carbonyl (C=O) groups excluding carboxylic acids is 1. The van der Waals surface area contributed by atoms with Gasteiger partial charge in [-0.05, 0) is 44.4 Å². The number of amides is 1. The second kappa shape index (κ2) is 8.35. The Morgan fingerprint density at radius 3 is 2.86 bits per heavy atom. The third-order valence-electron chi connectivity index (χ3n) is 7.52. The first-order chi connectivity index (χ1) is 16.9. The van der Waals surface area contributed by atoms with E-state index >= 15 is 0 Å². The Balaban J connectivity index is 1.35. The minimum atomic E-state index is -0.552. The van der Waals surface area contributed by atoms with Gasteiger partial charge in [-0.1, -0.05) is 6.07 Å². The summed E-state index contributed by atoms with van der Waals surface area (Å²) in [6, 6.07) is 9.56. The van der Waals surface area contributed by atoms with Gasteiger partial charge in [-0.25, -0.2) is 9.50 Å². The van der Waals surface area contributed by atoms with Gasteiger partial charge in [0.25, 0.3) is 5.91 Å². The summed E-state index contributed by atoms with van der Waals surface area (Å²) in [5, 5.41) is 15.9. The van der Waals surface area contributed by atoms with Crippen molar-refractivity contribution in [2.24, 2.45) is 12.8 Å². The van der Waals surface area contributed by atoms with Crippen molar-refractivity contribution in [1.29, 1.82) is 0 Å². The smallest absolute Gasteiger partial charge is 0.255 e. The van der Waals surface area contributed by atoms with E-state index in [9.17, 15) is 9.90 Å². The van der Waals surface area contributed by atoms with Gasteiger partial charge in [-0.15, -0.1) is 0 Å². The number of piperidine rings is 1. The number of hydrogen-bond acceptors (Lipinski definition) is 6. The number of β-amino-alcohol motifs (C(OH)–C–C–N with tert-alkyl or cyclic N) is 1. The van der Waals surface area contributed by atoms with Gasteiger partial charge in [0.1, 0.15) is 5.82 Å². The molecule has 0 unspecified atom stereocenters. The second-order valence-corrected chi connectivity index (χ2v) is 9.93. The van der Waals surface area contributed by atoms with E-state index in [-0.39, 0.29) is 18.0 Å². The van der Waals surface area contributed by atoms with Crippen molar-refractivity contribution in [3.05, 3.63) is 59.5 Å². The van der Waals surface area contributed by atoms with Gasteiger partial charge in [-0.3, -0.25) is 4.79 Å². The molecule has 3 N–H and O–H groups in total. The van der Waals surface area contributed by atoms with Crippen LogP contribution in [0.25, 0.3) is 16.6 Å². The Hall–Kier alpha value is -3.43. The fourth-order valence-electron chi connectivity index (χ4n) is 5.61. The Morgan fingerprint density at radius 2 is 2.06 bits per heavy atom. The number of aromatic nitrogens is 4. The minimum absolute atomic E-state index is 0.0495. The van der Waals surface area contributed by atoms with E-state index in [0.717, 1.165) is 58.5 Å². The summed E-state index contributed by atoms with van der Waals surface area (Å²) in [5.41, 5.74) is 10.4. The molecule has 35 heavy (non-hydrogen) atoms. The molecular formula is C26H31N7O2. The van der Waals surface area contributed by atoms with Crippen LogP contribution in [-0.4, -0.2) is 66.9 Å². The van der Waals surface area contributed by atoms with Gasteiger partial charge in [0, 0.05) is 73.2 Å². The first-order valence-corrected chi connectivity index (χ1v) is 12.3. The summed E-state index contributed by atoms with van der Waals surface area (Å²) < 4.78 is 3.84. The average molecular weight is 474 g/mol. The number of nitrogens with zero attached hydrogens (tertiary/aromatic N) is 6. The molecule has 3 atom stereocenters. The van der Waals surface area contributed by atoms with Crippen molar-refractivity contribution >= 4 is 28.3 Å². The fraction of sp³-hybridized carbons (Fsp3) is 0.423. The molecule has 1 aromatic carbocycles. The highest BCUT2D eigenvalue weighted by Gasteiger charge is 2.33. The lowest BCUT2D eigenvalue weighted by Crippen LogP contribution is -2.38. The van der Waals surface area contributed by atoms with E-state index in [1.165, 1.54) is 0 Å². The van der Waals surface area contributed by atoms with E-state index in [4.69, 9.17) is 15.8 Å². The van der Waals surface area contributed by atoms with Gasteiger partial charge in [-0.2, -0.15) is 5.10 Å². The first-order valence-electron chi connectivity index (χ1n) is 12.3. The summed E-state index contributed by atoms with van der Waals surface area (Å²) in [6.45, 7) is 3.75. The largest absolute Gasteiger partial charge is 0.390 e. The Bertz CT molecular complexity index is 1410. The molecule has 2 saturated heterocycles. The van der Waals surface area contributed by atoms with Crippen LogP contribution < -0.4 is 10.6 Å². The van der Waals surface area contributed by atoms with Crippen LogP contribution in [0.15, 0.2) is 42.7 Å². The van der Waals surface area contributed by atoms with Crippen LogP contribution in [0.5, 0.6) is 0 Å². The fourth-order valence-corrected chi connectivity index (χ4v) is 5.61. The average Bonchev–Trinajstić information content (AvgIpc) is 3.54. The first kappa shape index (κ1) is 22.1. The molecule has 9 nitrogen and oxygen atoms in total. The lowest BCUT2D eigenvalue weighted by Gasteiger charge is -2.35. The van der Waals surface area contributed by atoms with E-state index in [2.05, 4.69) is 0 Å². The molecule has 2 fully saturated rings. The van der Waals surface area contributed by atoms with E-state index in [1.54, 1.807) is 4.52 Å². The number of fused-ring (bicyclic) bond motifs is 2. The van der Waals surface area contributed by atoms with Crippen molar-refractivity contribution in [2.45, 2.75) is 44.4 Å². The maximum absolute atomic E-state index is 13.8. The molecule has 9 heteroatoms. The molecule has 2 aliphatic rings. The summed E-state index contributed by atoms with van der Waals surface area (Å²) in [6.07, 6.45) is 6.33. The SMILES string of the molecule is Cc1cn2nc([C@@H]3CCCCN3C(=O)c3cccc4c3ccn4C)cc2nc1N1C[C@@H](N)[C@@H](O)C1. The topological polar surface area (TPSA) is 105 Å². The predicted octanol–water partition coefficient (Wildman–Crippen LogP) is 2.41. The van der Waals surface area contributed by atoms with Crippen LogP contribution in [0.2, 0.25) is 0 Å². The molecule has 182 valence electrons.